The molecular weight excluding hydrogens is 280 g/mol. The maximum absolute atomic E-state index is 9.50. The molecule has 1 saturated carbocycles. The van der Waals surface area contributed by atoms with E-state index in [0.717, 1.165) is 17.1 Å². The molecule has 2 aromatic rings. The lowest BCUT2D eigenvalue weighted by Crippen LogP contribution is -2.33. The van der Waals surface area contributed by atoms with Crippen molar-refractivity contribution in [3.8, 4) is 0 Å². The number of aliphatic hydroxyl groups is 1. The van der Waals surface area contributed by atoms with Gasteiger partial charge in [0.15, 0.2) is 0 Å². The van der Waals surface area contributed by atoms with Gasteiger partial charge in [-0.15, -0.1) is 11.3 Å². The standard InChI is InChI=1S/C17H24N2OS/c1-12(17-19-15-8-4-5-9-16(15)21-17)18-10-13-6-2-3-7-14(13)11-20/h4-5,8-9,12-14,18,20H,2-3,6-7,10-11H2,1H3. The first kappa shape index (κ1) is 14.9. The maximum Gasteiger partial charge on any atom is 0.111 e. The van der Waals surface area contributed by atoms with E-state index in [1.165, 1.54) is 30.4 Å². The Labute approximate surface area is 130 Å². The van der Waals surface area contributed by atoms with Gasteiger partial charge < -0.3 is 10.4 Å². The van der Waals surface area contributed by atoms with Crippen LogP contribution in [0.25, 0.3) is 10.2 Å². The minimum Gasteiger partial charge on any atom is -0.396 e. The van der Waals surface area contributed by atoms with Crippen molar-refractivity contribution in [1.29, 1.82) is 0 Å². The summed E-state index contributed by atoms with van der Waals surface area (Å²) >= 11 is 1.78. The Morgan fingerprint density at radius 3 is 2.81 bits per heavy atom. The normalized spacial score (nSPS) is 24.3. The molecule has 2 N–H and O–H groups in total. The van der Waals surface area contributed by atoms with Crippen LogP contribution in [0.2, 0.25) is 0 Å². The Hall–Kier alpha value is -0.970. The summed E-state index contributed by atoms with van der Waals surface area (Å²) in [4.78, 5) is 4.72. The van der Waals surface area contributed by atoms with Crippen LogP contribution in [0.3, 0.4) is 0 Å². The molecular formula is C17H24N2OS. The number of nitrogens with zero attached hydrogens (tertiary/aromatic N) is 1. The predicted octanol–water partition coefficient (Wildman–Crippen LogP) is 3.75. The molecule has 1 heterocycles. The SMILES string of the molecule is CC(NCC1CCCCC1CO)c1nc2ccccc2s1. The van der Waals surface area contributed by atoms with E-state index in [1.54, 1.807) is 11.3 Å². The first-order valence-corrected chi connectivity index (χ1v) is 8.79. The third kappa shape index (κ3) is 3.44. The number of hydrogen-bond donors (Lipinski definition) is 2. The van der Waals surface area contributed by atoms with Crippen molar-refractivity contribution >= 4 is 21.6 Å². The monoisotopic (exact) mass is 304 g/mol. The molecule has 1 aliphatic carbocycles. The van der Waals surface area contributed by atoms with Crippen molar-refractivity contribution in [2.75, 3.05) is 13.2 Å². The van der Waals surface area contributed by atoms with Gasteiger partial charge in [-0.1, -0.05) is 25.0 Å². The fourth-order valence-electron chi connectivity index (χ4n) is 3.28. The van der Waals surface area contributed by atoms with E-state index in [-0.39, 0.29) is 6.04 Å². The molecule has 21 heavy (non-hydrogen) atoms. The number of aliphatic hydroxyl groups excluding tert-OH is 1. The lowest BCUT2D eigenvalue weighted by atomic mass is 9.79. The van der Waals surface area contributed by atoms with E-state index in [2.05, 4.69) is 30.4 Å². The highest BCUT2D eigenvalue weighted by Crippen LogP contribution is 2.30. The van der Waals surface area contributed by atoms with Gasteiger partial charge in [-0.25, -0.2) is 4.98 Å². The van der Waals surface area contributed by atoms with Crippen molar-refractivity contribution in [1.82, 2.24) is 10.3 Å². The van der Waals surface area contributed by atoms with Crippen molar-refractivity contribution in [2.24, 2.45) is 11.8 Å². The summed E-state index contributed by atoms with van der Waals surface area (Å²) in [7, 11) is 0. The number of rotatable bonds is 5. The van der Waals surface area contributed by atoms with Crippen molar-refractivity contribution in [3.63, 3.8) is 0 Å². The minimum atomic E-state index is 0.281. The second-order valence-electron chi connectivity index (χ2n) is 6.14. The number of hydrogen-bond acceptors (Lipinski definition) is 4. The Morgan fingerprint density at radius 1 is 1.29 bits per heavy atom. The van der Waals surface area contributed by atoms with Gasteiger partial charge in [-0.3, -0.25) is 0 Å². The summed E-state index contributed by atoms with van der Waals surface area (Å²) < 4.78 is 1.26. The molecule has 0 radical (unpaired) electrons. The number of nitrogens with one attached hydrogen (secondary N) is 1. The van der Waals surface area contributed by atoms with E-state index in [0.29, 0.717) is 18.4 Å². The molecule has 4 heteroatoms. The quantitative estimate of drug-likeness (QED) is 0.884. The van der Waals surface area contributed by atoms with Crippen LogP contribution in [0.5, 0.6) is 0 Å². The molecule has 3 atom stereocenters. The molecule has 0 amide bonds. The van der Waals surface area contributed by atoms with Gasteiger partial charge in [0.2, 0.25) is 0 Å². The van der Waals surface area contributed by atoms with Crippen LogP contribution in [-0.2, 0) is 0 Å². The molecule has 1 fully saturated rings. The summed E-state index contributed by atoms with van der Waals surface area (Å²) in [5, 5.41) is 14.3. The Morgan fingerprint density at radius 2 is 2.05 bits per heavy atom. The summed E-state index contributed by atoms with van der Waals surface area (Å²) in [5.41, 5.74) is 1.09. The minimum absolute atomic E-state index is 0.281. The zero-order chi connectivity index (χ0) is 14.7. The number of thiazole rings is 1. The van der Waals surface area contributed by atoms with Gasteiger partial charge >= 0.3 is 0 Å². The second kappa shape index (κ2) is 6.86. The molecule has 1 aromatic heterocycles. The maximum atomic E-state index is 9.50. The highest BCUT2D eigenvalue weighted by atomic mass is 32.1. The zero-order valence-electron chi connectivity index (χ0n) is 12.6. The first-order chi connectivity index (χ1) is 10.3. The van der Waals surface area contributed by atoms with E-state index < -0.39 is 0 Å². The molecule has 0 bridgehead atoms. The Bertz CT molecular complexity index is 550. The van der Waals surface area contributed by atoms with Gasteiger partial charge in [0.25, 0.3) is 0 Å². The average molecular weight is 304 g/mol. The van der Waals surface area contributed by atoms with Gasteiger partial charge in [0, 0.05) is 6.61 Å². The summed E-state index contributed by atoms with van der Waals surface area (Å²) in [6.45, 7) is 3.51. The average Bonchev–Trinajstić information content (AvgIpc) is 2.97. The van der Waals surface area contributed by atoms with E-state index in [4.69, 9.17) is 4.98 Å². The van der Waals surface area contributed by atoms with Crippen LogP contribution in [0.4, 0.5) is 0 Å². The van der Waals surface area contributed by atoms with Crippen LogP contribution in [0, 0.1) is 11.8 Å². The van der Waals surface area contributed by atoms with Crippen LogP contribution < -0.4 is 5.32 Å². The third-order valence-electron chi connectivity index (χ3n) is 4.67. The third-order valence-corrected chi connectivity index (χ3v) is 5.89. The largest absolute Gasteiger partial charge is 0.396 e. The first-order valence-electron chi connectivity index (χ1n) is 7.97. The van der Waals surface area contributed by atoms with Crippen LogP contribution in [0.15, 0.2) is 24.3 Å². The number of benzene rings is 1. The van der Waals surface area contributed by atoms with Crippen LogP contribution in [0.1, 0.15) is 43.7 Å². The Kier molecular flexibility index (Phi) is 4.88. The van der Waals surface area contributed by atoms with Gasteiger partial charge in [0.1, 0.15) is 5.01 Å². The summed E-state index contributed by atoms with van der Waals surface area (Å²) in [5.74, 6) is 1.09. The van der Waals surface area contributed by atoms with E-state index >= 15 is 0 Å². The van der Waals surface area contributed by atoms with Crippen molar-refractivity contribution in [2.45, 2.75) is 38.6 Å². The fourth-order valence-corrected chi connectivity index (χ4v) is 4.28. The number of fused-ring (bicyclic) bond motifs is 1. The molecule has 3 unspecified atom stereocenters. The smallest absolute Gasteiger partial charge is 0.111 e. The molecule has 1 aliphatic rings. The molecule has 3 rings (SSSR count). The molecule has 0 spiro atoms. The van der Waals surface area contributed by atoms with Crippen LogP contribution in [-0.4, -0.2) is 23.2 Å². The van der Waals surface area contributed by atoms with Gasteiger partial charge in [-0.05, 0) is 50.3 Å². The molecule has 0 saturated heterocycles. The highest BCUT2D eigenvalue weighted by molar-refractivity contribution is 7.18. The van der Waals surface area contributed by atoms with Crippen molar-refractivity contribution < 1.29 is 5.11 Å². The molecule has 0 aliphatic heterocycles. The highest BCUT2D eigenvalue weighted by Gasteiger charge is 2.25. The molecule has 1 aromatic carbocycles. The van der Waals surface area contributed by atoms with Crippen LogP contribution >= 0.6 is 11.3 Å². The van der Waals surface area contributed by atoms with Gasteiger partial charge in [0.05, 0.1) is 16.3 Å². The topological polar surface area (TPSA) is 45.1 Å². The summed E-state index contributed by atoms with van der Waals surface area (Å²) in [6, 6.07) is 8.59. The molecule has 3 nitrogen and oxygen atoms in total. The van der Waals surface area contributed by atoms with Gasteiger partial charge in [-0.2, -0.15) is 0 Å². The van der Waals surface area contributed by atoms with Crippen molar-refractivity contribution in [3.05, 3.63) is 29.3 Å². The van der Waals surface area contributed by atoms with E-state index in [1.807, 2.05) is 6.07 Å². The lowest BCUT2D eigenvalue weighted by molar-refractivity contribution is 0.131. The second-order valence-corrected chi connectivity index (χ2v) is 7.20. The Balaban J connectivity index is 1.61. The fraction of sp³-hybridized carbons (Fsp3) is 0.588. The zero-order valence-corrected chi connectivity index (χ0v) is 13.4. The summed E-state index contributed by atoms with van der Waals surface area (Å²) in [6.07, 6.45) is 5.00. The lowest BCUT2D eigenvalue weighted by Gasteiger charge is -2.31. The van der Waals surface area contributed by atoms with E-state index in [9.17, 15) is 5.11 Å². The number of para-hydroxylation sites is 1. The molecule has 114 valence electrons. The number of aromatic nitrogens is 1. The predicted molar refractivity (Wildman–Crippen MR) is 88.6 cm³/mol.